The first-order valence-corrected chi connectivity index (χ1v) is 6.93. The van der Waals surface area contributed by atoms with Crippen LogP contribution in [0.2, 0.25) is 4.44 Å². The molecule has 46 valence electrons. The zero-order valence-electron chi connectivity index (χ0n) is 5.78. The number of hydrogen-bond acceptors (Lipinski definition) is 0. The fraction of sp³-hybridized carbons (Fsp3) is 0.714. The van der Waals surface area contributed by atoms with Gasteiger partial charge in [0, 0.05) is 0 Å². The van der Waals surface area contributed by atoms with Gasteiger partial charge in [-0.25, -0.2) is 0 Å². The maximum absolute atomic E-state index is 2.40. The summed E-state index contributed by atoms with van der Waals surface area (Å²) in [6.07, 6.45) is 5.02. The molecule has 0 N–H and O–H groups in total. The fourth-order valence-electron chi connectivity index (χ4n) is 0.480. The molecule has 0 saturated carbocycles. The van der Waals surface area contributed by atoms with Crippen LogP contribution in [0.25, 0.3) is 0 Å². The van der Waals surface area contributed by atoms with Gasteiger partial charge in [0.15, 0.2) is 0 Å². The van der Waals surface area contributed by atoms with Crippen LogP contribution < -0.4 is 0 Å². The topological polar surface area (TPSA) is 0 Å². The first-order chi connectivity index (χ1) is 3.91. The third-order valence-electron chi connectivity index (χ3n) is 0.959. The van der Waals surface area contributed by atoms with Crippen molar-refractivity contribution < 1.29 is 0 Å². The van der Waals surface area contributed by atoms with Gasteiger partial charge in [0.2, 0.25) is 0 Å². The van der Waals surface area contributed by atoms with Gasteiger partial charge in [0.05, 0.1) is 0 Å². The Balaban J connectivity index is 2.72. The number of unbranched alkanes of at least 4 members (excludes halogenated alkanes) is 1. The molecule has 0 rings (SSSR count). The van der Waals surface area contributed by atoms with Crippen molar-refractivity contribution in [3.8, 4) is 0 Å². The normalized spacial score (nSPS) is 10.8. The molecule has 0 unspecified atom stereocenters. The van der Waals surface area contributed by atoms with Gasteiger partial charge in [0.1, 0.15) is 0 Å². The molecule has 0 aromatic heterocycles. The summed E-state index contributed by atoms with van der Waals surface area (Å²) in [7, 11) is 0. The monoisotopic (exact) mass is 218 g/mol. The number of rotatable bonds is 4. The fourth-order valence-corrected chi connectivity index (χ4v) is 3.22. The SMILES string of the molecule is CC=[CH][Sn][CH2]CCC. The van der Waals surface area contributed by atoms with Gasteiger partial charge >= 0.3 is 62.4 Å². The quantitative estimate of drug-likeness (QED) is 0.501. The van der Waals surface area contributed by atoms with Crippen molar-refractivity contribution in [3.63, 3.8) is 0 Å². The summed E-state index contributed by atoms with van der Waals surface area (Å²) in [6.45, 7) is 4.38. The van der Waals surface area contributed by atoms with Crippen LogP contribution in [0.1, 0.15) is 26.7 Å². The summed E-state index contributed by atoms with van der Waals surface area (Å²) in [5.41, 5.74) is 0. The summed E-state index contributed by atoms with van der Waals surface area (Å²) < 4.78 is 3.93. The molecule has 0 fully saturated rings. The Morgan fingerprint density at radius 1 is 1.50 bits per heavy atom. The summed E-state index contributed by atoms with van der Waals surface area (Å²) in [5, 5.41) is 0. The predicted octanol–water partition coefficient (Wildman–Crippen LogP) is 2.44. The van der Waals surface area contributed by atoms with Gasteiger partial charge in [-0.3, -0.25) is 0 Å². The van der Waals surface area contributed by atoms with Gasteiger partial charge in [-0.1, -0.05) is 0 Å². The Labute approximate surface area is 62.6 Å². The molecular weight excluding hydrogens is 203 g/mol. The van der Waals surface area contributed by atoms with Crippen molar-refractivity contribution in [1.29, 1.82) is 0 Å². The average Bonchev–Trinajstić information content (AvgIpc) is 1.81. The molecule has 0 nitrogen and oxygen atoms in total. The van der Waals surface area contributed by atoms with E-state index in [0.717, 1.165) is 0 Å². The van der Waals surface area contributed by atoms with Crippen LogP contribution in [0.5, 0.6) is 0 Å². The molecule has 0 aliphatic heterocycles. The maximum atomic E-state index is 2.40. The number of hydrogen-bond donors (Lipinski definition) is 0. The predicted molar refractivity (Wildman–Crippen MR) is 40.3 cm³/mol. The third kappa shape index (κ3) is 6.54. The van der Waals surface area contributed by atoms with E-state index in [1.54, 1.807) is 0 Å². The summed E-state index contributed by atoms with van der Waals surface area (Å²) in [5.74, 6) is 0. The summed E-state index contributed by atoms with van der Waals surface area (Å²) >= 11 is -0.0151. The van der Waals surface area contributed by atoms with Gasteiger partial charge in [0.25, 0.3) is 0 Å². The minimum absolute atomic E-state index is 0.0151. The standard InChI is InChI=1S/C4H9.C3H5.Sn/c1-3-4-2;1-3-2;/h1,3-4H2,2H3;1,3H,2H3;. The minimum atomic E-state index is -0.0151. The average molecular weight is 217 g/mol. The first kappa shape index (κ1) is 8.54. The van der Waals surface area contributed by atoms with Crippen LogP contribution in [0.15, 0.2) is 10.2 Å². The molecule has 0 spiro atoms. The molecule has 0 saturated heterocycles. The molecule has 0 aliphatic rings. The van der Waals surface area contributed by atoms with E-state index >= 15 is 0 Å². The van der Waals surface area contributed by atoms with Crippen molar-refractivity contribution in [2.75, 3.05) is 0 Å². The molecule has 2 radical (unpaired) electrons. The van der Waals surface area contributed by atoms with Gasteiger partial charge in [-0.2, -0.15) is 0 Å². The third-order valence-corrected chi connectivity index (χ3v) is 4.42. The van der Waals surface area contributed by atoms with E-state index in [9.17, 15) is 0 Å². The Bertz CT molecular complexity index is 57.4. The van der Waals surface area contributed by atoms with Crippen LogP contribution in [0.3, 0.4) is 0 Å². The van der Waals surface area contributed by atoms with Crippen LogP contribution in [-0.2, 0) is 0 Å². The zero-order valence-corrected chi connectivity index (χ0v) is 8.63. The molecule has 0 bridgehead atoms. The summed E-state index contributed by atoms with van der Waals surface area (Å²) in [4.78, 5) is 0. The van der Waals surface area contributed by atoms with Crippen LogP contribution in [0.4, 0.5) is 0 Å². The molecule has 0 atom stereocenters. The second-order valence-electron chi connectivity index (χ2n) is 1.81. The van der Waals surface area contributed by atoms with Crippen molar-refractivity contribution in [2.24, 2.45) is 0 Å². The van der Waals surface area contributed by atoms with E-state index in [0.29, 0.717) is 0 Å². The van der Waals surface area contributed by atoms with E-state index in [1.165, 1.54) is 17.3 Å². The molecular formula is C7H14Sn. The summed E-state index contributed by atoms with van der Waals surface area (Å²) in [6, 6.07) is 0. The Morgan fingerprint density at radius 2 is 2.25 bits per heavy atom. The van der Waals surface area contributed by atoms with Gasteiger partial charge < -0.3 is 0 Å². The van der Waals surface area contributed by atoms with Gasteiger partial charge in [-0.15, -0.1) is 0 Å². The zero-order chi connectivity index (χ0) is 6.24. The van der Waals surface area contributed by atoms with E-state index < -0.39 is 0 Å². The van der Waals surface area contributed by atoms with Crippen LogP contribution >= 0.6 is 0 Å². The van der Waals surface area contributed by atoms with E-state index in [1.807, 2.05) is 0 Å². The molecule has 8 heavy (non-hydrogen) atoms. The van der Waals surface area contributed by atoms with E-state index in [4.69, 9.17) is 0 Å². The Morgan fingerprint density at radius 3 is 2.75 bits per heavy atom. The van der Waals surface area contributed by atoms with E-state index in [2.05, 4.69) is 24.0 Å². The molecule has 0 heterocycles. The van der Waals surface area contributed by atoms with Crippen molar-refractivity contribution in [1.82, 2.24) is 0 Å². The molecule has 0 aliphatic carbocycles. The first-order valence-electron chi connectivity index (χ1n) is 3.26. The number of allylic oxidation sites excluding steroid dienone is 1. The Hall–Kier alpha value is 0.539. The van der Waals surface area contributed by atoms with Crippen molar-refractivity contribution in [2.45, 2.75) is 31.1 Å². The second kappa shape index (κ2) is 7.54. The molecule has 1 heteroatoms. The Kier molecular flexibility index (Phi) is 8.05. The van der Waals surface area contributed by atoms with Crippen LogP contribution in [-0.4, -0.2) is 21.1 Å². The van der Waals surface area contributed by atoms with Gasteiger partial charge in [-0.05, 0) is 0 Å². The van der Waals surface area contributed by atoms with Crippen molar-refractivity contribution >= 4 is 21.1 Å². The van der Waals surface area contributed by atoms with Crippen molar-refractivity contribution in [3.05, 3.63) is 10.2 Å². The van der Waals surface area contributed by atoms with E-state index in [-0.39, 0.29) is 21.1 Å². The molecule has 0 aromatic rings. The second-order valence-corrected chi connectivity index (χ2v) is 5.35. The molecule has 0 amide bonds. The molecule has 0 aromatic carbocycles. The van der Waals surface area contributed by atoms with Crippen LogP contribution in [0, 0.1) is 0 Å².